The Balaban J connectivity index is 1.80. The van der Waals surface area contributed by atoms with Gasteiger partial charge < -0.3 is 11.5 Å². The second-order valence-electron chi connectivity index (χ2n) is 5.04. The Kier molecular flexibility index (Phi) is 4.57. The summed E-state index contributed by atoms with van der Waals surface area (Å²) in [6.07, 6.45) is 0. The molecule has 118 valence electrons. The lowest BCUT2D eigenvalue weighted by molar-refractivity contribution is 1.21. The van der Waals surface area contributed by atoms with Crippen LogP contribution in [0.5, 0.6) is 0 Å². The van der Waals surface area contributed by atoms with E-state index in [0.717, 1.165) is 0 Å². The summed E-state index contributed by atoms with van der Waals surface area (Å²) < 4.78 is 0. The fourth-order valence-corrected chi connectivity index (χ4v) is 2.00. The minimum atomic E-state index is 0.580. The van der Waals surface area contributed by atoms with Crippen molar-refractivity contribution in [3.63, 3.8) is 0 Å². The molecule has 3 rings (SSSR count). The van der Waals surface area contributed by atoms with Gasteiger partial charge in [-0.25, -0.2) is 0 Å². The van der Waals surface area contributed by atoms with Crippen LogP contribution in [0.2, 0.25) is 0 Å². The van der Waals surface area contributed by atoms with Crippen LogP contribution in [0.1, 0.15) is 0 Å². The van der Waals surface area contributed by atoms with Crippen LogP contribution in [0, 0.1) is 0 Å². The summed E-state index contributed by atoms with van der Waals surface area (Å²) in [6.45, 7) is 0. The van der Waals surface area contributed by atoms with E-state index in [1.807, 2.05) is 42.5 Å². The molecular weight excluding hydrogens is 300 g/mol. The largest absolute Gasteiger partial charge is 0.397 e. The van der Waals surface area contributed by atoms with Crippen molar-refractivity contribution in [2.75, 3.05) is 11.5 Å². The van der Waals surface area contributed by atoms with Gasteiger partial charge in [-0.3, -0.25) is 0 Å². The number of azo groups is 2. The van der Waals surface area contributed by atoms with Crippen molar-refractivity contribution in [3.05, 3.63) is 72.8 Å². The summed E-state index contributed by atoms with van der Waals surface area (Å²) in [6, 6.07) is 21.9. The molecule has 6 nitrogen and oxygen atoms in total. The summed E-state index contributed by atoms with van der Waals surface area (Å²) >= 11 is 0. The van der Waals surface area contributed by atoms with Crippen molar-refractivity contribution >= 4 is 34.1 Å². The normalized spacial score (nSPS) is 11.3. The zero-order valence-electron chi connectivity index (χ0n) is 12.9. The van der Waals surface area contributed by atoms with Gasteiger partial charge in [-0.1, -0.05) is 30.3 Å². The van der Waals surface area contributed by atoms with E-state index in [2.05, 4.69) is 20.5 Å². The molecule has 4 N–H and O–H groups in total. The summed E-state index contributed by atoms with van der Waals surface area (Å²) in [4.78, 5) is 0. The average Bonchev–Trinajstić information content (AvgIpc) is 2.61. The topological polar surface area (TPSA) is 101 Å². The van der Waals surface area contributed by atoms with Crippen LogP contribution in [0.25, 0.3) is 0 Å². The van der Waals surface area contributed by atoms with Gasteiger partial charge in [0.25, 0.3) is 0 Å². The van der Waals surface area contributed by atoms with Crippen molar-refractivity contribution in [3.8, 4) is 0 Å². The first-order valence-electron chi connectivity index (χ1n) is 7.35. The van der Waals surface area contributed by atoms with Crippen LogP contribution in [-0.2, 0) is 0 Å². The molecule has 3 aromatic carbocycles. The van der Waals surface area contributed by atoms with E-state index >= 15 is 0 Å². The van der Waals surface area contributed by atoms with Gasteiger partial charge in [-0.2, -0.15) is 10.2 Å². The second-order valence-corrected chi connectivity index (χ2v) is 5.04. The van der Waals surface area contributed by atoms with Gasteiger partial charge in [-0.05, 0) is 42.5 Å². The molecule has 0 atom stereocenters. The number of benzene rings is 3. The van der Waals surface area contributed by atoms with E-state index in [-0.39, 0.29) is 0 Å². The van der Waals surface area contributed by atoms with Gasteiger partial charge in [0.15, 0.2) is 0 Å². The lowest BCUT2D eigenvalue weighted by Crippen LogP contribution is -1.82. The Morgan fingerprint density at radius 3 is 1.42 bits per heavy atom. The highest BCUT2D eigenvalue weighted by Gasteiger charge is 1.98. The molecule has 0 amide bonds. The smallest absolute Gasteiger partial charge is 0.109 e. The third-order valence-electron chi connectivity index (χ3n) is 3.25. The lowest BCUT2D eigenvalue weighted by atomic mass is 10.3. The summed E-state index contributed by atoms with van der Waals surface area (Å²) in [5.41, 5.74) is 15.4. The van der Waals surface area contributed by atoms with Gasteiger partial charge in [0.2, 0.25) is 0 Å². The highest BCUT2D eigenvalue weighted by molar-refractivity contribution is 5.62. The van der Waals surface area contributed by atoms with E-state index in [1.165, 1.54) is 0 Å². The van der Waals surface area contributed by atoms with Gasteiger partial charge in [-0.15, -0.1) is 10.2 Å². The summed E-state index contributed by atoms with van der Waals surface area (Å²) in [5, 5.41) is 16.7. The maximum absolute atomic E-state index is 5.84. The number of hydrogen-bond donors (Lipinski definition) is 2. The van der Waals surface area contributed by atoms with Crippen LogP contribution >= 0.6 is 0 Å². The Morgan fingerprint density at radius 2 is 0.958 bits per heavy atom. The van der Waals surface area contributed by atoms with Gasteiger partial charge in [0.1, 0.15) is 11.4 Å². The predicted octanol–water partition coefficient (Wildman–Crippen LogP) is 5.68. The molecule has 0 spiro atoms. The second kappa shape index (κ2) is 7.15. The molecule has 0 aliphatic carbocycles. The minimum absolute atomic E-state index is 0.580. The van der Waals surface area contributed by atoms with E-state index in [4.69, 9.17) is 11.5 Å². The molecular formula is C18H16N6. The van der Waals surface area contributed by atoms with Crippen LogP contribution < -0.4 is 11.5 Å². The molecule has 0 aliphatic rings. The molecule has 0 unspecified atom stereocenters. The van der Waals surface area contributed by atoms with Crippen molar-refractivity contribution < 1.29 is 0 Å². The lowest BCUT2D eigenvalue weighted by Gasteiger charge is -1.99. The molecule has 0 radical (unpaired) electrons. The first kappa shape index (κ1) is 15.4. The van der Waals surface area contributed by atoms with Gasteiger partial charge in [0, 0.05) is 0 Å². The van der Waals surface area contributed by atoms with Crippen LogP contribution in [0.15, 0.2) is 93.3 Å². The number of hydrogen-bond acceptors (Lipinski definition) is 6. The SMILES string of the molecule is Nc1ccccc1N=Nc1cccc(N=Nc2ccccc2N)c1. The van der Waals surface area contributed by atoms with Gasteiger partial charge in [0.05, 0.1) is 22.7 Å². The zero-order valence-corrected chi connectivity index (χ0v) is 12.9. The van der Waals surface area contributed by atoms with Crippen LogP contribution in [0.3, 0.4) is 0 Å². The number of nitrogens with zero attached hydrogens (tertiary/aromatic N) is 4. The Labute approximate surface area is 139 Å². The van der Waals surface area contributed by atoms with Crippen molar-refractivity contribution in [2.45, 2.75) is 0 Å². The molecule has 0 bridgehead atoms. The number of para-hydroxylation sites is 2. The highest BCUT2D eigenvalue weighted by atomic mass is 15.1. The Morgan fingerprint density at radius 1 is 0.500 bits per heavy atom. The third-order valence-corrected chi connectivity index (χ3v) is 3.25. The molecule has 0 saturated carbocycles. The van der Waals surface area contributed by atoms with E-state index in [0.29, 0.717) is 34.1 Å². The fraction of sp³-hybridized carbons (Fsp3) is 0. The molecule has 0 heterocycles. The highest BCUT2D eigenvalue weighted by Crippen LogP contribution is 2.28. The quantitative estimate of drug-likeness (QED) is 0.477. The predicted molar refractivity (Wildman–Crippen MR) is 96.5 cm³/mol. The average molecular weight is 316 g/mol. The first-order valence-corrected chi connectivity index (χ1v) is 7.35. The first-order chi connectivity index (χ1) is 11.7. The number of nitrogen functional groups attached to an aromatic ring is 2. The van der Waals surface area contributed by atoms with Crippen molar-refractivity contribution in [2.24, 2.45) is 20.5 Å². The van der Waals surface area contributed by atoms with E-state index in [1.54, 1.807) is 30.3 Å². The van der Waals surface area contributed by atoms with E-state index < -0.39 is 0 Å². The minimum Gasteiger partial charge on any atom is -0.397 e. The van der Waals surface area contributed by atoms with E-state index in [9.17, 15) is 0 Å². The number of rotatable bonds is 4. The fourth-order valence-electron chi connectivity index (χ4n) is 2.00. The van der Waals surface area contributed by atoms with Crippen molar-refractivity contribution in [1.29, 1.82) is 0 Å². The summed E-state index contributed by atoms with van der Waals surface area (Å²) in [7, 11) is 0. The maximum atomic E-state index is 5.84. The maximum Gasteiger partial charge on any atom is 0.109 e. The standard InChI is InChI=1S/C18H16N6/c19-15-8-1-3-10-17(15)23-21-13-6-5-7-14(12-13)22-24-18-11-4-2-9-16(18)20/h1-12H,19-20H2. The van der Waals surface area contributed by atoms with Crippen LogP contribution in [-0.4, -0.2) is 0 Å². The Bertz CT molecular complexity index is 831. The summed E-state index contributed by atoms with van der Waals surface area (Å²) in [5.74, 6) is 0. The molecule has 0 aromatic heterocycles. The molecule has 6 heteroatoms. The van der Waals surface area contributed by atoms with Crippen LogP contribution in [0.4, 0.5) is 34.1 Å². The monoisotopic (exact) mass is 316 g/mol. The third kappa shape index (κ3) is 3.80. The molecule has 0 aliphatic heterocycles. The molecule has 0 fully saturated rings. The van der Waals surface area contributed by atoms with Gasteiger partial charge >= 0.3 is 0 Å². The number of anilines is 2. The molecule has 0 saturated heterocycles. The Hall–Kier alpha value is -3.54. The zero-order chi connectivity index (χ0) is 16.8. The molecule has 24 heavy (non-hydrogen) atoms. The van der Waals surface area contributed by atoms with Crippen molar-refractivity contribution in [1.82, 2.24) is 0 Å². The molecule has 3 aromatic rings. The number of nitrogens with two attached hydrogens (primary N) is 2.